The van der Waals surface area contributed by atoms with Crippen molar-refractivity contribution in [2.45, 2.75) is 51.4 Å². The Morgan fingerprint density at radius 3 is 1.68 bits per heavy atom. The van der Waals surface area contributed by atoms with Crippen LogP contribution in [-0.4, -0.2) is 21.6 Å². The molecule has 0 spiro atoms. The van der Waals surface area contributed by atoms with Crippen molar-refractivity contribution in [3.63, 3.8) is 0 Å². The molecule has 1 aromatic heterocycles. The largest absolute Gasteiger partial charge is 0.737 e. The molecule has 40 heavy (non-hydrogen) atoms. The third-order valence-electron chi connectivity index (χ3n) is 9.29. The summed E-state index contributed by atoms with van der Waals surface area (Å²) >= 11 is 0. The molecule has 2 nitrogen and oxygen atoms in total. The number of halogens is 2. The average Bonchev–Trinajstić information content (AvgIpc) is 3.55. The zero-order chi connectivity index (χ0) is 26.8. The summed E-state index contributed by atoms with van der Waals surface area (Å²) in [7, 11) is 0. The molecule has 198 valence electrons. The summed E-state index contributed by atoms with van der Waals surface area (Å²) in [6.45, 7) is -4.17. The molecule has 8 rings (SSSR count). The minimum Gasteiger partial charge on any atom is -0.389 e. The predicted octanol–water partition coefficient (Wildman–Crippen LogP) is 8.42. The van der Waals surface area contributed by atoms with Crippen molar-refractivity contribution in [2.75, 3.05) is 0 Å². The van der Waals surface area contributed by atoms with Gasteiger partial charge in [0.15, 0.2) is 11.4 Å². The van der Waals surface area contributed by atoms with Crippen molar-refractivity contribution in [1.29, 1.82) is 0 Å². The highest BCUT2D eigenvalue weighted by atomic mass is 19.2. The number of hydrogen-bond donors (Lipinski definition) is 0. The third kappa shape index (κ3) is 3.30. The van der Waals surface area contributed by atoms with Crippen LogP contribution in [0.4, 0.5) is 8.63 Å². The average molecular weight is 528 g/mol. The van der Waals surface area contributed by atoms with Crippen LogP contribution in [0, 0.1) is 0 Å². The van der Waals surface area contributed by atoms with Gasteiger partial charge in [-0.25, -0.2) is 0 Å². The first-order chi connectivity index (χ1) is 19.7. The Morgan fingerprint density at radius 2 is 1.05 bits per heavy atom. The van der Waals surface area contributed by atoms with Crippen LogP contribution in [0.25, 0.3) is 16.8 Å². The van der Waals surface area contributed by atoms with Gasteiger partial charge < -0.3 is 17.6 Å². The van der Waals surface area contributed by atoms with Crippen molar-refractivity contribution in [2.24, 2.45) is 0 Å². The van der Waals surface area contributed by atoms with Crippen LogP contribution in [-0.2, 0) is 12.8 Å². The fourth-order valence-electron chi connectivity index (χ4n) is 7.75. The van der Waals surface area contributed by atoms with E-state index in [2.05, 4.69) is 12.1 Å². The number of benzene rings is 3. The number of hydrogen-bond acceptors (Lipinski definition) is 0. The predicted molar refractivity (Wildman–Crippen MR) is 159 cm³/mol. The lowest BCUT2D eigenvalue weighted by Gasteiger charge is -2.35. The van der Waals surface area contributed by atoms with Gasteiger partial charge in [-0.15, -0.1) is 0 Å². The van der Waals surface area contributed by atoms with Gasteiger partial charge in [-0.2, -0.15) is 0 Å². The number of aromatic nitrogens is 1. The monoisotopic (exact) mass is 528 g/mol. The van der Waals surface area contributed by atoms with E-state index in [1.54, 1.807) is 0 Å². The minimum atomic E-state index is -4.17. The number of allylic oxidation sites excluding steroid dienone is 2. The number of fused-ring (bicyclic) bond motifs is 5. The standard InChI is InChI=1S/C35H31BF2N2/c37-36(38)39-32(25-16-6-2-7-17-25)27-20-10-12-22-29(27)34(39)31(24-14-4-1-5-15-24)35-30-23-13-11-21-28(30)33(40(35)36)26-18-8-3-9-19-26/h1-9,14-19H,10-13,20-23H2. The van der Waals surface area contributed by atoms with Crippen LogP contribution >= 0.6 is 0 Å². The van der Waals surface area contributed by atoms with Gasteiger partial charge >= 0.3 is 6.97 Å². The molecule has 0 unspecified atom stereocenters. The summed E-state index contributed by atoms with van der Waals surface area (Å²) in [5.74, 6) is 0. The zero-order valence-electron chi connectivity index (χ0n) is 22.5. The highest BCUT2D eigenvalue weighted by Crippen LogP contribution is 2.52. The highest BCUT2D eigenvalue weighted by molar-refractivity contribution is 6.59. The van der Waals surface area contributed by atoms with Crippen LogP contribution in [0.1, 0.15) is 66.5 Å². The molecule has 0 saturated heterocycles. The highest BCUT2D eigenvalue weighted by Gasteiger charge is 2.59. The lowest BCUT2D eigenvalue weighted by molar-refractivity contribution is -0.362. The van der Waals surface area contributed by atoms with E-state index >= 15 is 8.63 Å². The molecule has 0 radical (unpaired) electrons. The summed E-state index contributed by atoms with van der Waals surface area (Å²) < 4.78 is 38.4. The Hall–Kier alpha value is -3.99. The molecular formula is C35H31BF2N2. The molecular weight excluding hydrogens is 497 g/mol. The van der Waals surface area contributed by atoms with Crippen LogP contribution < -0.4 is 0 Å². The van der Waals surface area contributed by atoms with Gasteiger partial charge in [-0.1, -0.05) is 78.9 Å². The first-order valence-electron chi connectivity index (χ1n) is 14.7. The third-order valence-corrected chi connectivity index (χ3v) is 9.29. The van der Waals surface area contributed by atoms with E-state index in [9.17, 15) is 0 Å². The molecule has 4 aromatic rings. The molecule has 3 aromatic carbocycles. The zero-order valence-corrected chi connectivity index (χ0v) is 22.5. The molecule has 0 N–H and O–H groups in total. The van der Waals surface area contributed by atoms with Gasteiger partial charge in [-0.3, -0.25) is 0 Å². The first-order valence-corrected chi connectivity index (χ1v) is 14.7. The number of rotatable bonds is 3. The summed E-state index contributed by atoms with van der Waals surface area (Å²) in [4.78, 5) is 0. The van der Waals surface area contributed by atoms with Crippen molar-refractivity contribution < 1.29 is 13.1 Å². The van der Waals surface area contributed by atoms with E-state index < -0.39 is 6.97 Å². The Labute approximate surface area is 234 Å². The minimum absolute atomic E-state index is 0.708. The smallest absolute Gasteiger partial charge is 0.389 e. The second-order valence-corrected chi connectivity index (χ2v) is 11.5. The van der Waals surface area contributed by atoms with Crippen LogP contribution in [0.2, 0.25) is 0 Å². The summed E-state index contributed by atoms with van der Waals surface area (Å²) in [5.41, 5.74) is 11.2. The molecule has 5 heteroatoms. The van der Waals surface area contributed by atoms with Crippen molar-refractivity contribution in [3.8, 4) is 11.3 Å². The van der Waals surface area contributed by atoms with Crippen molar-refractivity contribution >= 4 is 18.3 Å². The van der Waals surface area contributed by atoms with Gasteiger partial charge in [0.2, 0.25) is 0 Å². The topological polar surface area (TPSA) is 7.94 Å². The van der Waals surface area contributed by atoms with E-state index in [0.29, 0.717) is 11.4 Å². The maximum absolute atomic E-state index is 17.7. The van der Waals surface area contributed by atoms with Crippen LogP contribution in [0.5, 0.6) is 0 Å². The quantitative estimate of drug-likeness (QED) is 0.236. The molecule has 0 atom stereocenters. The maximum Gasteiger partial charge on any atom is 0.737 e. The van der Waals surface area contributed by atoms with E-state index in [-0.39, 0.29) is 0 Å². The maximum atomic E-state index is 17.7. The van der Waals surface area contributed by atoms with Gasteiger partial charge in [0.25, 0.3) is 0 Å². The van der Waals surface area contributed by atoms with E-state index in [1.807, 2.05) is 78.9 Å². The van der Waals surface area contributed by atoms with Gasteiger partial charge in [0.05, 0.1) is 5.57 Å². The SMILES string of the molecule is F[B-]1(F)n2c(c3c(c2-c2ccccc2)CCCC3)C(c2ccccc2)=C2C3=C(CCCC3)C(c3ccccc3)=[N+]21. The first kappa shape index (κ1) is 23.9. The van der Waals surface area contributed by atoms with E-state index in [0.717, 1.165) is 107 Å². The van der Waals surface area contributed by atoms with Crippen molar-refractivity contribution in [1.82, 2.24) is 4.48 Å². The molecule has 0 fully saturated rings. The van der Waals surface area contributed by atoms with Gasteiger partial charge in [0.1, 0.15) is 0 Å². The Balaban J connectivity index is 1.57. The summed E-state index contributed by atoms with van der Waals surface area (Å²) in [6, 6.07) is 30.1. The van der Waals surface area contributed by atoms with Crippen LogP contribution in [0.3, 0.4) is 0 Å². The molecule has 3 heterocycles. The summed E-state index contributed by atoms with van der Waals surface area (Å²) in [5, 5.41) is 0. The normalized spacial score (nSPS) is 19.4. The fraction of sp³-hybridized carbons (Fsp3) is 0.229. The molecule has 0 saturated carbocycles. The Morgan fingerprint density at radius 1 is 0.550 bits per heavy atom. The van der Waals surface area contributed by atoms with E-state index in [1.165, 1.54) is 8.96 Å². The molecule has 0 bridgehead atoms. The van der Waals surface area contributed by atoms with Crippen molar-refractivity contribution in [3.05, 3.63) is 136 Å². The Bertz CT molecular complexity index is 1750. The molecule has 4 aliphatic rings. The second kappa shape index (κ2) is 9.02. The second-order valence-electron chi connectivity index (χ2n) is 11.5. The Kier molecular flexibility index (Phi) is 5.38. The molecule has 2 aliphatic carbocycles. The molecule has 2 aliphatic heterocycles. The number of nitrogens with zero attached hydrogens (tertiary/aromatic N) is 2. The fourth-order valence-corrected chi connectivity index (χ4v) is 7.75. The summed E-state index contributed by atoms with van der Waals surface area (Å²) in [6.07, 6.45) is 7.50. The lowest BCUT2D eigenvalue weighted by Crippen LogP contribution is -2.52. The molecule has 0 amide bonds. The van der Waals surface area contributed by atoms with Crippen LogP contribution in [0.15, 0.2) is 108 Å². The van der Waals surface area contributed by atoms with Gasteiger partial charge in [0, 0.05) is 28.1 Å². The van der Waals surface area contributed by atoms with E-state index in [4.69, 9.17) is 0 Å². The van der Waals surface area contributed by atoms with Gasteiger partial charge in [-0.05, 0) is 85.8 Å². The lowest BCUT2D eigenvalue weighted by atomic mass is 9.81.